The van der Waals surface area contributed by atoms with Crippen LogP contribution in [-0.2, 0) is 0 Å². The average Bonchev–Trinajstić information content (AvgIpc) is 2.17. The van der Waals surface area contributed by atoms with Gasteiger partial charge in [-0.25, -0.2) is 4.39 Å². The molecule has 4 heteroatoms. The second-order valence-corrected chi connectivity index (χ2v) is 4.68. The van der Waals surface area contributed by atoms with Crippen molar-refractivity contribution in [3.8, 4) is 0 Å². The van der Waals surface area contributed by atoms with Crippen molar-refractivity contribution in [2.24, 2.45) is 5.41 Å². The number of para-hydroxylation sites is 1. The number of aliphatic hydroxyl groups is 1. The Morgan fingerprint density at radius 1 is 1.47 bits per heavy atom. The Morgan fingerprint density at radius 2 is 2.13 bits per heavy atom. The summed E-state index contributed by atoms with van der Waals surface area (Å²) in [5.74, 6) is -0.378. The minimum absolute atomic E-state index is 0.0338. The summed E-state index contributed by atoms with van der Waals surface area (Å²) in [4.78, 5) is 0. The summed E-state index contributed by atoms with van der Waals surface area (Å²) in [6, 6.07) is 4.53. The molecule has 0 aromatic heterocycles. The minimum Gasteiger partial charge on any atom is -0.396 e. The molecule has 0 aliphatic rings. The van der Waals surface area contributed by atoms with Crippen LogP contribution < -0.4 is 5.32 Å². The third-order valence-corrected chi connectivity index (χ3v) is 2.45. The van der Waals surface area contributed by atoms with Crippen molar-refractivity contribution in [1.82, 2.24) is 0 Å². The molecule has 2 nitrogen and oxygen atoms in total. The second kappa shape index (κ2) is 4.81. The van der Waals surface area contributed by atoms with Crippen molar-refractivity contribution < 1.29 is 9.50 Å². The van der Waals surface area contributed by atoms with Gasteiger partial charge in [0, 0.05) is 18.6 Å². The number of hydrogen-bond acceptors (Lipinski definition) is 2. The molecule has 15 heavy (non-hydrogen) atoms. The monoisotopic (exact) mass is 231 g/mol. The average molecular weight is 232 g/mol. The van der Waals surface area contributed by atoms with Crippen molar-refractivity contribution in [3.63, 3.8) is 0 Å². The van der Waals surface area contributed by atoms with Crippen LogP contribution in [0.2, 0.25) is 5.02 Å². The highest BCUT2D eigenvalue weighted by atomic mass is 35.5. The summed E-state index contributed by atoms with van der Waals surface area (Å²) in [5.41, 5.74) is -0.00768. The van der Waals surface area contributed by atoms with Gasteiger partial charge in [0.15, 0.2) is 0 Å². The summed E-state index contributed by atoms with van der Waals surface area (Å²) >= 11 is 5.84. The van der Waals surface area contributed by atoms with E-state index in [9.17, 15) is 4.39 Å². The molecular weight excluding hydrogens is 217 g/mol. The van der Waals surface area contributed by atoms with E-state index in [0.717, 1.165) is 0 Å². The smallest absolute Gasteiger partial charge is 0.147 e. The molecule has 0 spiro atoms. The van der Waals surface area contributed by atoms with E-state index in [-0.39, 0.29) is 17.8 Å². The number of hydrogen-bond donors (Lipinski definition) is 2. The van der Waals surface area contributed by atoms with E-state index in [1.165, 1.54) is 6.07 Å². The fourth-order valence-electron chi connectivity index (χ4n) is 1.05. The van der Waals surface area contributed by atoms with Crippen molar-refractivity contribution in [2.75, 3.05) is 18.5 Å². The Hall–Kier alpha value is -0.800. The van der Waals surface area contributed by atoms with Crippen LogP contribution in [0.5, 0.6) is 0 Å². The van der Waals surface area contributed by atoms with Gasteiger partial charge < -0.3 is 10.4 Å². The van der Waals surface area contributed by atoms with Crippen LogP contribution in [0, 0.1) is 11.2 Å². The van der Waals surface area contributed by atoms with Gasteiger partial charge in [-0.1, -0.05) is 31.5 Å². The summed E-state index contributed by atoms with van der Waals surface area (Å²) < 4.78 is 13.3. The summed E-state index contributed by atoms with van der Waals surface area (Å²) in [7, 11) is 0. The topological polar surface area (TPSA) is 32.3 Å². The van der Waals surface area contributed by atoms with Crippen LogP contribution in [0.1, 0.15) is 13.8 Å². The van der Waals surface area contributed by atoms with Crippen molar-refractivity contribution >= 4 is 17.3 Å². The molecule has 0 heterocycles. The zero-order chi connectivity index (χ0) is 11.5. The maximum atomic E-state index is 13.3. The molecule has 0 saturated carbocycles. The number of aliphatic hydroxyl groups excluding tert-OH is 1. The molecule has 1 rings (SSSR count). The quantitative estimate of drug-likeness (QED) is 0.835. The summed E-state index contributed by atoms with van der Waals surface area (Å²) in [6.45, 7) is 4.26. The highest BCUT2D eigenvalue weighted by molar-refractivity contribution is 6.33. The van der Waals surface area contributed by atoms with E-state index in [1.54, 1.807) is 12.1 Å². The van der Waals surface area contributed by atoms with Crippen LogP contribution in [0.15, 0.2) is 18.2 Å². The van der Waals surface area contributed by atoms with Gasteiger partial charge in [0.2, 0.25) is 0 Å². The Kier molecular flexibility index (Phi) is 3.94. The molecule has 0 bridgehead atoms. The first-order valence-electron chi connectivity index (χ1n) is 4.75. The molecular formula is C11H15ClFNO. The van der Waals surface area contributed by atoms with Gasteiger partial charge in [0.05, 0.1) is 10.7 Å². The molecule has 1 aromatic carbocycles. The lowest BCUT2D eigenvalue weighted by Gasteiger charge is -2.23. The lowest BCUT2D eigenvalue weighted by molar-refractivity contribution is 0.170. The molecule has 0 fully saturated rings. The first-order valence-corrected chi connectivity index (χ1v) is 5.13. The van der Waals surface area contributed by atoms with Crippen LogP contribution in [-0.4, -0.2) is 18.3 Å². The maximum Gasteiger partial charge on any atom is 0.147 e. The second-order valence-electron chi connectivity index (χ2n) is 4.27. The van der Waals surface area contributed by atoms with Gasteiger partial charge in [-0.15, -0.1) is 0 Å². The molecule has 0 aliphatic heterocycles. The molecule has 1 aromatic rings. The van der Waals surface area contributed by atoms with Gasteiger partial charge in [-0.05, 0) is 12.1 Å². The molecule has 2 N–H and O–H groups in total. The fourth-order valence-corrected chi connectivity index (χ4v) is 1.28. The zero-order valence-electron chi connectivity index (χ0n) is 8.85. The van der Waals surface area contributed by atoms with Gasteiger partial charge in [-0.2, -0.15) is 0 Å². The van der Waals surface area contributed by atoms with Crippen LogP contribution >= 0.6 is 11.6 Å². The minimum atomic E-state index is -0.378. The van der Waals surface area contributed by atoms with Crippen molar-refractivity contribution in [1.29, 1.82) is 0 Å². The summed E-state index contributed by atoms with van der Waals surface area (Å²) in [6.07, 6.45) is 0. The van der Waals surface area contributed by atoms with Gasteiger partial charge >= 0.3 is 0 Å². The molecule has 0 aliphatic carbocycles. The highest BCUT2D eigenvalue weighted by Crippen LogP contribution is 2.26. The van der Waals surface area contributed by atoms with E-state index in [4.69, 9.17) is 16.7 Å². The first-order chi connectivity index (χ1) is 6.96. The number of nitrogens with one attached hydrogen (secondary N) is 1. The third-order valence-electron chi connectivity index (χ3n) is 2.13. The Bertz CT molecular complexity index is 321. The lowest BCUT2D eigenvalue weighted by Crippen LogP contribution is -2.27. The number of rotatable bonds is 4. The van der Waals surface area contributed by atoms with Gasteiger partial charge in [-0.3, -0.25) is 0 Å². The van der Waals surface area contributed by atoms with Gasteiger partial charge in [0.1, 0.15) is 5.82 Å². The van der Waals surface area contributed by atoms with E-state index < -0.39 is 0 Å². The van der Waals surface area contributed by atoms with Crippen LogP contribution in [0.3, 0.4) is 0 Å². The molecule has 0 amide bonds. The molecule has 84 valence electrons. The Balaban J connectivity index is 2.73. The first kappa shape index (κ1) is 12.3. The maximum absolute atomic E-state index is 13.3. The van der Waals surface area contributed by atoms with Crippen molar-refractivity contribution in [3.05, 3.63) is 29.0 Å². The summed E-state index contributed by atoms with van der Waals surface area (Å²) in [5, 5.41) is 12.3. The predicted octanol–water partition coefficient (Wildman–Crippen LogP) is 2.91. The molecule has 0 atom stereocenters. The highest BCUT2D eigenvalue weighted by Gasteiger charge is 2.17. The van der Waals surface area contributed by atoms with Crippen LogP contribution in [0.4, 0.5) is 10.1 Å². The van der Waals surface area contributed by atoms with Crippen LogP contribution in [0.25, 0.3) is 0 Å². The van der Waals surface area contributed by atoms with Gasteiger partial charge in [0.25, 0.3) is 0 Å². The normalized spacial score (nSPS) is 11.5. The number of halogens is 2. The molecule has 0 saturated heterocycles. The Labute approximate surface area is 94.1 Å². The SMILES string of the molecule is CC(C)(CO)CNc1c(F)cccc1Cl. The lowest BCUT2D eigenvalue weighted by atomic mass is 9.95. The van der Waals surface area contributed by atoms with E-state index >= 15 is 0 Å². The standard InChI is InChI=1S/C11H15ClFNO/c1-11(2,7-15)6-14-10-8(12)4-3-5-9(10)13/h3-5,14-15H,6-7H2,1-2H3. The largest absolute Gasteiger partial charge is 0.396 e. The number of benzene rings is 1. The molecule has 0 radical (unpaired) electrons. The van der Waals surface area contributed by atoms with E-state index in [2.05, 4.69) is 5.32 Å². The van der Waals surface area contributed by atoms with E-state index in [0.29, 0.717) is 17.3 Å². The predicted molar refractivity (Wildman–Crippen MR) is 60.8 cm³/mol. The third kappa shape index (κ3) is 3.36. The zero-order valence-corrected chi connectivity index (χ0v) is 9.61. The van der Waals surface area contributed by atoms with Crippen molar-refractivity contribution in [2.45, 2.75) is 13.8 Å². The number of anilines is 1. The van der Waals surface area contributed by atoms with E-state index in [1.807, 2.05) is 13.8 Å². The molecule has 0 unspecified atom stereocenters. The fraction of sp³-hybridized carbons (Fsp3) is 0.455. The Morgan fingerprint density at radius 3 is 2.67 bits per heavy atom.